The Morgan fingerprint density at radius 1 is 0.952 bits per heavy atom. The van der Waals surface area contributed by atoms with Crippen LogP contribution < -0.4 is 4.18 Å². The summed E-state index contributed by atoms with van der Waals surface area (Å²) in [5, 5.41) is 0. The maximum Gasteiger partial charge on any atom is 0.339 e. The Kier molecular flexibility index (Phi) is 4.65. The van der Waals surface area contributed by atoms with E-state index in [0.717, 1.165) is 11.1 Å². The van der Waals surface area contributed by atoms with Gasteiger partial charge in [0.1, 0.15) is 10.6 Å². The third kappa shape index (κ3) is 3.83. The molecule has 2 aromatic carbocycles. The van der Waals surface area contributed by atoms with Crippen LogP contribution >= 0.6 is 0 Å². The monoisotopic (exact) mass is 306 g/mol. The molecule has 0 aliphatic rings. The van der Waals surface area contributed by atoms with Crippen LogP contribution in [-0.4, -0.2) is 15.5 Å². The molecule has 0 saturated carbocycles. The molecule has 2 aromatic rings. The van der Waals surface area contributed by atoms with Gasteiger partial charge >= 0.3 is 10.1 Å². The maximum absolute atomic E-state index is 12.1. The van der Waals surface area contributed by atoms with E-state index >= 15 is 0 Å². The zero-order valence-electron chi connectivity index (χ0n) is 12.2. The van der Waals surface area contributed by atoms with Gasteiger partial charge in [0, 0.05) is 7.11 Å². The molecule has 1 unspecified atom stereocenters. The molecule has 112 valence electrons. The fourth-order valence-electron chi connectivity index (χ4n) is 1.81. The van der Waals surface area contributed by atoms with Crippen LogP contribution in [0.25, 0.3) is 0 Å². The van der Waals surface area contributed by atoms with Crippen molar-refractivity contribution in [3.05, 3.63) is 59.7 Å². The molecule has 0 N–H and O–H groups in total. The van der Waals surface area contributed by atoms with Crippen LogP contribution in [0.4, 0.5) is 0 Å². The van der Waals surface area contributed by atoms with Gasteiger partial charge in [-0.15, -0.1) is 0 Å². The van der Waals surface area contributed by atoms with Crippen LogP contribution in [-0.2, 0) is 14.9 Å². The molecule has 21 heavy (non-hydrogen) atoms. The average Bonchev–Trinajstić information content (AvgIpc) is 2.47. The fraction of sp³-hybridized carbons (Fsp3) is 0.250. The van der Waals surface area contributed by atoms with Crippen molar-refractivity contribution in [2.75, 3.05) is 7.11 Å². The van der Waals surface area contributed by atoms with E-state index in [9.17, 15) is 8.42 Å². The molecule has 0 fully saturated rings. The van der Waals surface area contributed by atoms with Gasteiger partial charge in [0.2, 0.25) is 0 Å². The molecule has 0 amide bonds. The molecule has 0 aliphatic heterocycles. The van der Waals surface area contributed by atoms with Crippen molar-refractivity contribution in [1.82, 2.24) is 0 Å². The molecule has 0 heterocycles. The second-order valence-corrected chi connectivity index (χ2v) is 6.34. The Morgan fingerprint density at radius 2 is 1.52 bits per heavy atom. The summed E-state index contributed by atoms with van der Waals surface area (Å²) in [6.45, 7) is 3.81. The molecule has 1 atom stereocenters. The Balaban J connectivity index is 2.19. The zero-order chi connectivity index (χ0) is 15.5. The van der Waals surface area contributed by atoms with E-state index in [4.69, 9.17) is 8.92 Å². The molecular formula is C16H18O4S. The first-order valence-electron chi connectivity index (χ1n) is 6.56. The van der Waals surface area contributed by atoms with Gasteiger partial charge in [0.25, 0.3) is 0 Å². The molecule has 0 saturated heterocycles. The topological polar surface area (TPSA) is 52.6 Å². The summed E-state index contributed by atoms with van der Waals surface area (Å²) in [4.78, 5) is 0.141. The Bertz CT molecular complexity index is 688. The number of benzene rings is 2. The summed E-state index contributed by atoms with van der Waals surface area (Å²) in [7, 11) is -2.18. The molecule has 5 heteroatoms. The summed E-state index contributed by atoms with van der Waals surface area (Å²) < 4.78 is 34.6. The highest BCUT2D eigenvalue weighted by Crippen LogP contribution is 2.22. The van der Waals surface area contributed by atoms with Crippen LogP contribution in [0.5, 0.6) is 5.75 Å². The van der Waals surface area contributed by atoms with Crippen molar-refractivity contribution in [1.29, 1.82) is 0 Å². The standard InChI is InChI=1S/C16H18O4S/c1-12-4-10-16(11-5-12)21(17,18)20-15-8-6-14(7-9-15)13(2)19-3/h4-11,13H,1-3H3. The van der Waals surface area contributed by atoms with Gasteiger partial charge in [-0.3, -0.25) is 0 Å². The predicted molar refractivity (Wildman–Crippen MR) is 80.9 cm³/mol. The number of ether oxygens (including phenoxy) is 1. The first-order valence-corrected chi connectivity index (χ1v) is 7.97. The lowest BCUT2D eigenvalue weighted by Crippen LogP contribution is -2.09. The molecule has 4 nitrogen and oxygen atoms in total. The molecule has 0 aromatic heterocycles. The first kappa shape index (κ1) is 15.5. The number of methoxy groups -OCH3 is 1. The zero-order valence-corrected chi connectivity index (χ0v) is 13.1. The molecule has 2 rings (SSSR count). The lowest BCUT2D eigenvalue weighted by molar-refractivity contribution is 0.119. The van der Waals surface area contributed by atoms with Crippen molar-refractivity contribution >= 4 is 10.1 Å². The van der Waals surface area contributed by atoms with E-state index < -0.39 is 10.1 Å². The Labute approximate surface area is 125 Å². The van der Waals surface area contributed by atoms with Crippen LogP contribution in [0.15, 0.2) is 53.4 Å². The van der Waals surface area contributed by atoms with Gasteiger partial charge in [0.15, 0.2) is 0 Å². The van der Waals surface area contributed by atoms with E-state index in [1.807, 2.05) is 13.8 Å². The highest BCUT2D eigenvalue weighted by molar-refractivity contribution is 7.87. The van der Waals surface area contributed by atoms with E-state index in [1.165, 1.54) is 12.1 Å². The SMILES string of the molecule is COC(C)c1ccc(OS(=O)(=O)c2ccc(C)cc2)cc1. The van der Waals surface area contributed by atoms with Gasteiger partial charge in [-0.25, -0.2) is 0 Å². The molecule has 0 spiro atoms. The molecule has 0 bridgehead atoms. The Hall–Kier alpha value is -1.85. The normalized spacial score (nSPS) is 12.9. The van der Waals surface area contributed by atoms with Crippen LogP contribution in [0, 0.1) is 6.92 Å². The van der Waals surface area contributed by atoms with Crippen LogP contribution in [0.1, 0.15) is 24.2 Å². The maximum atomic E-state index is 12.1. The number of hydrogen-bond donors (Lipinski definition) is 0. The number of hydrogen-bond acceptors (Lipinski definition) is 4. The molecular weight excluding hydrogens is 288 g/mol. The largest absolute Gasteiger partial charge is 0.379 e. The third-order valence-electron chi connectivity index (χ3n) is 3.22. The van der Waals surface area contributed by atoms with E-state index in [0.29, 0.717) is 0 Å². The quantitative estimate of drug-likeness (QED) is 0.794. The Morgan fingerprint density at radius 3 is 2.05 bits per heavy atom. The number of rotatable bonds is 5. The third-order valence-corrected chi connectivity index (χ3v) is 4.48. The number of aryl methyl sites for hydroxylation is 1. The second kappa shape index (κ2) is 6.28. The van der Waals surface area contributed by atoms with E-state index in [1.54, 1.807) is 43.5 Å². The minimum atomic E-state index is -3.80. The second-order valence-electron chi connectivity index (χ2n) is 4.80. The van der Waals surface area contributed by atoms with E-state index in [2.05, 4.69) is 0 Å². The van der Waals surface area contributed by atoms with Gasteiger partial charge in [-0.2, -0.15) is 8.42 Å². The van der Waals surface area contributed by atoms with Crippen molar-refractivity contribution in [3.63, 3.8) is 0 Å². The molecule has 0 radical (unpaired) electrons. The van der Waals surface area contributed by atoms with Crippen molar-refractivity contribution < 1.29 is 17.3 Å². The van der Waals surface area contributed by atoms with Crippen molar-refractivity contribution in [2.24, 2.45) is 0 Å². The van der Waals surface area contributed by atoms with Gasteiger partial charge in [-0.1, -0.05) is 29.8 Å². The lowest BCUT2D eigenvalue weighted by atomic mass is 10.1. The average molecular weight is 306 g/mol. The molecule has 0 aliphatic carbocycles. The summed E-state index contributed by atoms with van der Waals surface area (Å²) >= 11 is 0. The summed E-state index contributed by atoms with van der Waals surface area (Å²) in [6, 6.07) is 13.4. The minimum Gasteiger partial charge on any atom is -0.379 e. The van der Waals surface area contributed by atoms with E-state index in [-0.39, 0.29) is 16.7 Å². The van der Waals surface area contributed by atoms with Crippen LogP contribution in [0.3, 0.4) is 0 Å². The fourth-order valence-corrected chi connectivity index (χ4v) is 2.74. The summed E-state index contributed by atoms with van der Waals surface area (Å²) in [5.41, 5.74) is 1.95. The lowest BCUT2D eigenvalue weighted by Gasteiger charge is -2.11. The highest BCUT2D eigenvalue weighted by atomic mass is 32.2. The first-order chi connectivity index (χ1) is 9.92. The summed E-state index contributed by atoms with van der Waals surface area (Å²) in [6.07, 6.45) is -0.0484. The van der Waals surface area contributed by atoms with Crippen molar-refractivity contribution in [3.8, 4) is 5.75 Å². The smallest absolute Gasteiger partial charge is 0.339 e. The van der Waals surface area contributed by atoms with Gasteiger partial charge in [0.05, 0.1) is 6.10 Å². The van der Waals surface area contributed by atoms with Gasteiger partial charge < -0.3 is 8.92 Å². The summed E-state index contributed by atoms with van der Waals surface area (Å²) in [5.74, 6) is 0.280. The van der Waals surface area contributed by atoms with Crippen molar-refractivity contribution in [2.45, 2.75) is 24.8 Å². The highest BCUT2D eigenvalue weighted by Gasteiger charge is 2.16. The predicted octanol–water partition coefficient (Wildman–Crippen LogP) is 3.47. The van der Waals surface area contributed by atoms with Gasteiger partial charge in [-0.05, 0) is 43.7 Å². The van der Waals surface area contributed by atoms with Crippen LogP contribution in [0.2, 0.25) is 0 Å². The minimum absolute atomic E-state index is 0.0484.